The monoisotopic (exact) mass is 298 g/mol. The third kappa shape index (κ3) is 4.88. The third-order valence-corrected chi connectivity index (χ3v) is 4.08. The predicted molar refractivity (Wildman–Crippen MR) is 78.2 cm³/mol. The van der Waals surface area contributed by atoms with Crippen LogP contribution >= 0.6 is 0 Å². The Hall–Kier alpha value is -1.30. The Labute approximate surface area is 126 Å². The number of carbonyl (C=O) groups excluding carboxylic acids is 1. The third-order valence-electron chi connectivity index (χ3n) is 4.08. The first-order valence-corrected chi connectivity index (χ1v) is 8.00. The average Bonchev–Trinajstić information content (AvgIpc) is 3.29. The summed E-state index contributed by atoms with van der Waals surface area (Å²) in [5.41, 5.74) is 0. The van der Waals surface area contributed by atoms with Crippen LogP contribution in [0.25, 0.3) is 0 Å². The van der Waals surface area contributed by atoms with Crippen molar-refractivity contribution in [3.63, 3.8) is 0 Å². The molecule has 2 amide bonds. The maximum Gasteiger partial charge on any atom is 0.320 e. The largest absolute Gasteiger partial charge is 0.481 e. The summed E-state index contributed by atoms with van der Waals surface area (Å²) in [5.74, 6) is -0.831. The Bertz CT molecular complexity index is 363. The fourth-order valence-corrected chi connectivity index (χ4v) is 2.77. The zero-order valence-corrected chi connectivity index (χ0v) is 12.8. The Kier molecular flexibility index (Phi) is 5.85. The summed E-state index contributed by atoms with van der Waals surface area (Å²) in [5, 5.41) is 8.59. The first-order chi connectivity index (χ1) is 10.1. The Morgan fingerprint density at radius 1 is 1.24 bits per heavy atom. The van der Waals surface area contributed by atoms with Gasteiger partial charge >= 0.3 is 12.0 Å². The number of piperidine rings is 1. The van der Waals surface area contributed by atoms with Gasteiger partial charge in [0.15, 0.2) is 0 Å². The van der Waals surface area contributed by atoms with Gasteiger partial charge in [0.05, 0.1) is 19.1 Å². The predicted octanol–water partition coefficient (Wildman–Crippen LogP) is 1.94. The van der Waals surface area contributed by atoms with Gasteiger partial charge in [-0.05, 0) is 32.1 Å². The number of urea groups is 1. The quantitative estimate of drug-likeness (QED) is 0.780. The van der Waals surface area contributed by atoms with Crippen molar-refractivity contribution < 1.29 is 19.4 Å². The highest BCUT2D eigenvalue weighted by molar-refractivity contribution is 5.75. The molecule has 2 aliphatic rings. The molecule has 120 valence electrons. The minimum absolute atomic E-state index is 0.0467. The van der Waals surface area contributed by atoms with Crippen LogP contribution in [0.2, 0.25) is 0 Å². The number of ether oxygens (including phenoxy) is 1. The molecule has 0 aromatic carbocycles. The van der Waals surface area contributed by atoms with Crippen LogP contribution in [-0.2, 0) is 9.53 Å². The number of nitrogens with zero attached hydrogens (tertiary/aromatic N) is 2. The molecule has 0 aromatic rings. The number of hydrogen-bond acceptors (Lipinski definition) is 3. The van der Waals surface area contributed by atoms with Gasteiger partial charge in [0.25, 0.3) is 0 Å². The molecule has 1 aliphatic carbocycles. The van der Waals surface area contributed by atoms with Crippen molar-refractivity contribution >= 4 is 12.0 Å². The first-order valence-electron chi connectivity index (χ1n) is 8.00. The van der Waals surface area contributed by atoms with Gasteiger partial charge in [-0.15, -0.1) is 0 Å². The maximum atomic E-state index is 12.5. The van der Waals surface area contributed by atoms with E-state index in [-0.39, 0.29) is 25.2 Å². The van der Waals surface area contributed by atoms with Crippen molar-refractivity contribution in [3.8, 4) is 0 Å². The van der Waals surface area contributed by atoms with E-state index >= 15 is 0 Å². The fraction of sp³-hybridized carbons (Fsp3) is 0.867. The second-order valence-electron chi connectivity index (χ2n) is 5.91. The molecule has 0 unspecified atom stereocenters. The zero-order chi connectivity index (χ0) is 15.2. The van der Waals surface area contributed by atoms with E-state index < -0.39 is 5.97 Å². The molecule has 2 fully saturated rings. The van der Waals surface area contributed by atoms with Gasteiger partial charge < -0.3 is 19.6 Å². The number of carboxylic acid groups (broad SMARTS) is 1. The van der Waals surface area contributed by atoms with Gasteiger partial charge in [-0.3, -0.25) is 4.79 Å². The summed E-state index contributed by atoms with van der Waals surface area (Å²) in [7, 11) is 0. The maximum absolute atomic E-state index is 12.5. The number of carboxylic acids is 1. The molecular formula is C15H26N2O4. The molecule has 21 heavy (non-hydrogen) atoms. The SMILES string of the molecule is CCCN(C(=O)N1CCC(OCCC(=O)O)CC1)C1CC1. The van der Waals surface area contributed by atoms with E-state index in [1.165, 1.54) is 0 Å². The number of amides is 2. The molecule has 0 spiro atoms. The van der Waals surface area contributed by atoms with Crippen LogP contribution in [0.5, 0.6) is 0 Å². The molecule has 2 rings (SSSR count). The van der Waals surface area contributed by atoms with Crippen LogP contribution in [0, 0.1) is 0 Å². The van der Waals surface area contributed by atoms with Crippen LogP contribution in [0.15, 0.2) is 0 Å². The van der Waals surface area contributed by atoms with Crippen molar-refractivity contribution in [1.82, 2.24) is 9.80 Å². The van der Waals surface area contributed by atoms with Crippen molar-refractivity contribution in [2.45, 2.75) is 57.6 Å². The van der Waals surface area contributed by atoms with E-state index in [9.17, 15) is 9.59 Å². The lowest BCUT2D eigenvalue weighted by atomic mass is 10.1. The van der Waals surface area contributed by atoms with Crippen molar-refractivity contribution in [1.29, 1.82) is 0 Å². The molecule has 1 N–H and O–H groups in total. The molecule has 1 saturated heterocycles. The van der Waals surface area contributed by atoms with Crippen LogP contribution in [0.3, 0.4) is 0 Å². The normalized spacial score (nSPS) is 19.6. The molecule has 0 atom stereocenters. The average molecular weight is 298 g/mol. The highest BCUT2D eigenvalue weighted by Gasteiger charge is 2.35. The second-order valence-corrected chi connectivity index (χ2v) is 5.91. The zero-order valence-electron chi connectivity index (χ0n) is 12.8. The molecular weight excluding hydrogens is 272 g/mol. The summed E-state index contributed by atoms with van der Waals surface area (Å²) < 4.78 is 5.56. The van der Waals surface area contributed by atoms with E-state index in [1.807, 2.05) is 9.80 Å². The summed E-state index contributed by atoms with van der Waals surface area (Å²) in [6.45, 7) is 4.63. The summed E-state index contributed by atoms with van der Waals surface area (Å²) in [4.78, 5) is 26.9. The molecule has 1 saturated carbocycles. The van der Waals surface area contributed by atoms with Crippen LogP contribution < -0.4 is 0 Å². The van der Waals surface area contributed by atoms with E-state index in [0.717, 1.165) is 38.6 Å². The van der Waals surface area contributed by atoms with Crippen LogP contribution in [-0.4, -0.2) is 65.3 Å². The lowest BCUT2D eigenvalue weighted by molar-refractivity contribution is -0.138. The Balaban J connectivity index is 1.72. The lowest BCUT2D eigenvalue weighted by Crippen LogP contribution is -2.48. The highest BCUT2D eigenvalue weighted by atomic mass is 16.5. The molecule has 0 aromatic heterocycles. The van der Waals surface area contributed by atoms with E-state index in [1.54, 1.807) is 0 Å². The summed E-state index contributed by atoms with van der Waals surface area (Å²) in [6, 6.07) is 0.630. The van der Waals surface area contributed by atoms with Crippen molar-refractivity contribution in [2.24, 2.45) is 0 Å². The van der Waals surface area contributed by atoms with Gasteiger partial charge in [-0.2, -0.15) is 0 Å². The molecule has 6 heteroatoms. The second kappa shape index (κ2) is 7.64. The van der Waals surface area contributed by atoms with Crippen LogP contribution in [0.1, 0.15) is 45.4 Å². The Morgan fingerprint density at radius 3 is 2.43 bits per heavy atom. The molecule has 6 nitrogen and oxygen atoms in total. The topological polar surface area (TPSA) is 70.1 Å². The molecule has 1 heterocycles. The summed E-state index contributed by atoms with van der Waals surface area (Å²) in [6.07, 6.45) is 5.02. The molecule has 0 radical (unpaired) electrons. The smallest absolute Gasteiger partial charge is 0.320 e. The molecule has 1 aliphatic heterocycles. The van der Waals surface area contributed by atoms with Gasteiger partial charge in [-0.25, -0.2) is 4.79 Å². The van der Waals surface area contributed by atoms with E-state index in [0.29, 0.717) is 19.1 Å². The highest BCUT2D eigenvalue weighted by Crippen LogP contribution is 2.28. The lowest BCUT2D eigenvalue weighted by Gasteiger charge is -2.35. The minimum atomic E-state index is -0.831. The molecule has 0 bridgehead atoms. The number of rotatable bonds is 7. The fourth-order valence-electron chi connectivity index (χ4n) is 2.77. The van der Waals surface area contributed by atoms with Gasteiger partial charge in [0.2, 0.25) is 0 Å². The van der Waals surface area contributed by atoms with Crippen molar-refractivity contribution in [2.75, 3.05) is 26.2 Å². The van der Waals surface area contributed by atoms with Crippen LogP contribution in [0.4, 0.5) is 4.79 Å². The Morgan fingerprint density at radius 2 is 1.90 bits per heavy atom. The number of carbonyl (C=O) groups is 2. The number of aliphatic carboxylic acids is 1. The summed E-state index contributed by atoms with van der Waals surface area (Å²) >= 11 is 0. The number of hydrogen-bond donors (Lipinski definition) is 1. The standard InChI is InChI=1S/C15H26N2O4/c1-2-8-17(12-3-4-12)15(20)16-9-5-13(6-10-16)21-11-7-14(18)19/h12-13H,2-11H2,1H3,(H,18,19). The van der Waals surface area contributed by atoms with Crippen molar-refractivity contribution in [3.05, 3.63) is 0 Å². The van der Waals surface area contributed by atoms with E-state index in [2.05, 4.69) is 6.92 Å². The number of likely N-dealkylation sites (tertiary alicyclic amines) is 1. The van der Waals surface area contributed by atoms with Gasteiger partial charge in [-0.1, -0.05) is 6.92 Å². The van der Waals surface area contributed by atoms with Gasteiger partial charge in [0, 0.05) is 25.7 Å². The first kappa shape index (κ1) is 16.1. The minimum Gasteiger partial charge on any atom is -0.481 e. The van der Waals surface area contributed by atoms with Gasteiger partial charge in [0.1, 0.15) is 0 Å². The van der Waals surface area contributed by atoms with E-state index in [4.69, 9.17) is 9.84 Å².